The van der Waals surface area contributed by atoms with Gasteiger partial charge in [0.15, 0.2) is 5.82 Å². The van der Waals surface area contributed by atoms with Crippen molar-refractivity contribution >= 4 is 5.82 Å². The highest BCUT2D eigenvalue weighted by atomic mass is 16.5. The van der Waals surface area contributed by atoms with Crippen molar-refractivity contribution in [3.63, 3.8) is 0 Å². The van der Waals surface area contributed by atoms with E-state index in [0.29, 0.717) is 17.8 Å². The highest BCUT2D eigenvalue weighted by Gasteiger charge is 2.26. The zero-order chi connectivity index (χ0) is 12.3. The molecule has 2 N–H and O–H groups in total. The fourth-order valence-corrected chi connectivity index (χ4v) is 2.28. The van der Waals surface area contributed by atoms with Crippen molar-refractivity contribution in [2.75, 3.05) is 25.1 Å². The van der Waals surface area contributed by atoms with Crippen LogP contribution >= 0.6 is 0 Å². The van der Waals surface area contributed by atoms with Gasteiger partial charge >= 0.3 is 0 Å². The zero-order valence-electron chi connectivity index (χ0n) is 10.5. The third-order valence-electron chi connectivity index (χ3n) is 3.45. The van der Waals surface area contributed by atoms with Crippen molar-refractivity contribution in [2.45, 2.75) is 25.8 Å². The van der Waals surface area contributed by atoms with E-state index in [4.69, 9.17) is 10.5 Å². The standard InChI is InChI=1S/C12H20N4O/c1-3-9-8-16(5-4-10(9)13)11-6-14-7-12(15-11)17-2/h6-7,9-10H,3-5,8,13H2,1-2H3. The van der Waals surface area contributed by atoms with Crippen LogP contribution in [0.3, 0.4) is 0 Å². The van der Waals surface area contributed by atoms with Gasteiger partial charge in [-0.15, -0.1) is 0 Å². The van der Waals surface area contributed by atoms with Crippen LogP contribution in [-0.4, -0.2) is 36.2 Å². The summed E-state index contributed by atoms with van der Waals surface area (Å²) in [6.07, 6.45) is 5.52. The van der Waals surface area contributed by atoms with Crippen molar-refractivity contribution < 1.29 is 4.74 Å². The van der Waals surface area contributed by atoms with Gasteiger partial charge in [0.2, 0.25) is 5.88 Å². The monoisotopic (exact) mass is 236 g/mol. The summed E-state index contributed by atoms with van der Waals surface area (Å²) in [5, 5.41) is 0. The first-order chi connectivity index (χ1) is 8.24. The van der Waals surface area contributed by atoms with Gasteiger partial charge in [-0.1, -0.05) is 13.3 Å². The third-order valence-corrected chi connectivity index (χ3v) is 3.45. The Morgan fingerprint density at radius 3 is 3.06 bits per heavy atom. The first-order valence-corrected chi connectivity index (χ1v) is 6.11. The second-order valence-corrected chi connectivity index (χ2v) is 4.49. The normalized spacial score (nSPS) is 24.8. The molecule has 1 saturated heterocycles. The van der Waals surface area contributed by atoms with Crippen molar-refractivity contribution in [1.29, 1.82) is 0 Å². The minimum atomic E-state index is 0.315. The molecule has 1 aromatic rings. The lowest BCUT2D eigenvalue weighted by Gasteiger charge is -2.37. The molecule has 1 fully saturated rings. The minimum absolute atomic E-state index is 0.315. The molecule has 5 heteroatoms. The molecule has 94 valence electrons. The first-order valence-electron chi connectivity index (χ1n) is 6.11. The highest BCUT2D eigenvalue weighted by Crippen LogP contribution is 2.23. The van der Waals surface area contributed by atoms with Crippen molar-refractivity contribution in [3.8, 4) is 5.88 Å². The summed E-state index contributed by atoms with van der Waals surface area (Å²) in [7, 11) is 1.61. The molecule has 0 saturated carbocycles. The molecule has 2 atom stereocenters. The summed E-state index contributed by atoms with van der Waals surface area (Å²) < 4.78 is 5.09. The largest absolute Gasteiger partial charge is 0.480 e. The van der Waals surface area contributed by atoms with Gasteiger partial charge in [0.1, 0.15) is 0 Å². The first kappa shape index (κ1) is 12.1. The van der Waals surface area contributed by atoms with Crippen LogP contribution in [0.25, 0.3) is 0 Å². The van der Waals surface area contributed by atoms with Gasteiger partial charge in [0.05, 0.1) is 19.5 Å². The molecule has 0 aromatic carbocycles. The lowest BCUT2D eigenvalue weighted by Crippen LogP contribution is -2.47. The second kappa shape index (κ2) is 5.31. The topological polar surface area (TPSA) is 64.3 Å². The summed E-state index contributed by atoms with van der Waals surface area (Å²) in [6.45, 7) is 4.09. The predicted molar refractivity (Wildman–Crippen MR) is 67.2 cm³/mol. The fraction of sp³-hybridized carbons (Fsp3) is 0.667. The number of ether oxygens (including phenoxy) is 1. The maximum Gasteiger partial charge on any atom is 0.233 e. The van der Waals surface area contributed by atoms with E-state index in [2.05, 4.69) is 21.8 Å². The molecule has 17 heavy (non-hydrogen) atoms. The molecular weight excluding hydrogens is 216 g/mol. The van der Waals surface area contributed by atoms with Crippen molar-refractivity contribution in [2.24, 2.45) is 11.7 Å². The van der Waals surface area contributed by atoms with Crippen LogP contribution in [0.2, 0.25) is 0 Å². The van der Waals surface area contributed by atoms with Gasteiger partial charge in [-0.25, -0.2) is 0 Å². The van der Waals surface area contributed by atoms with Crippen LogP contribution in [0, 0.1) is 5.92 Å². The summed E-state index contributed by atoms with van der Waals surface area (Å²) in [4.78, 5) is 10.8. The zero-order valence-corrected chi connectivity index (χ0v) is 10.5. The smallest absolute Gasteiger partial charge is 0.233 e. The summed E-state index contributed by atoms with van der Waals surface area (Å²) in [5.41, 5.74) is 6.10. The van der Waals surface area contributed by atoms with E-state index < -0.39 is 0 Å². The highest BCUT2D eigenvalue weighted by molar-refractivity contribution is 5.38. The molecule has 0 amide bonds. The van der Waals surface area contributed by atoms with E-state index in [9.17, 15) is 0 Å². The molecule has 2 unspecified atom stereocenters. The molecule has 0 spiro atoms. The molecule has 0 radical (unpaired) electrons. The second-order valence-electron chi connectivity index (χ2n) is 4.49. The fourth-order valence-electron chi connectivity index (χ4n) is 2.28. The van der Waals surface area contributed by atoms with Crippen LogP contribution < -0.4 is 15.4 Å². The van der Waals surface area contributed by atoms with Gasteiger partial charge in [0, 0.05) is 19.1 Å². The molecular formula is C12H20N4O. The Hall–Kier alpha value is -1.36. The average molecular weight is 236 g/mol. The summed E-state index contributed by atoms with van der Waals surface area (Å²) in [5.74, 6) is 1.98. The Bertz CT molecular complexity index is 371. The number of piperidine rings is 1. The quantitative estimate of drug-likeness (QED) is 0.849. The molecule has 2 rings (SSSR count). The maximum atomic E-state index is 6.10. The van der Waals surface area contributed by atoms with Crippen LogP contribution in [0.4, 0.5) is 5.82 Å². The number of nitrogens with two attached hydrogens (primary N) is 1. The van der Waals surface area contributed by atoms with Crippen LogP contribution in [0.5, 0.6) is 5.88 Å². The van der Waals surface area contributed by atoms with Crippen molar-refractivity contribution in [3.05, 3.63) is 12.4 Å². The third kappa shape index (κ3) is 2.66. The van der Waals surface area contributed by atoms with Gasteiger partial charge in [-0.2, -0.15) is 4.98 Å². The van der Waals surface area contributed by atoms with Crippen LogP contribution in [-0.2, 0) is 0 Å². The number of aromatic nitrogens is 2. The van der Waals surface area contributed by atoms with E-state index in [0.717, 1.165) is 31.7 Å². The summed E-state index contributed by atoms with van der Waals surface area (Å²) >= 11 is 0. The molecule has 5 nitrogen and oxygen atoms in total. The Morgan fingerprint density at radius 2 is 2.35 bits per heavy atom. The Kier molecular flexibility index (Phi) is 3.78. The van der Waals surface area contributed by atoms with E-state index in [-0.39, 0.29) is 0 Å². The lowest BCUT2D eigenvalue weighted by molar-refractivity contribution is 0.345. The molecule has 1 aliphatic rings. The van der Waals surface area contributed by atoms with Gasteiger partial charge in [-0.3, -0.25) is 4.98 Å². The predicted octanol–water partition coefficient (Wildman–Crippen LogP) is 1.05. The molecule has 0 bridgehead atoms. The number of nitrogens with zero attached hydrogens (tertiary/aromatic N) is 3. The van der Waals surface area contributed by atoms with E-state index >= 15 is 0 Å². The Morgan fingerprint density at radius 1 is 1.53 bits per heavy atom. The number of hydrogen-bond donors (Lipinski definition) is 1. The van der Waals surface area contributed by atoms with Crippen molar-refractivity contribution in [1.82, 2.24) is 9.97 Å². The van der Waals surface area contributed by atoms with E-state index in [1.165, 1.54) is 0 Å². The Labute approximate surface area is 102 Å². The maximum absolute atomic E-state index is 6.10. The average Bonchev–Trinajstić information content (AvgIpc) is 2.39. The van der Waals surface area contributed by atoms with Gasteiger partial charge in [0.25, 0.3) is 0 Å². The molecule has 1 aliphatic heterocycles. The number of hydrogen-bond acceptors (Lipinski definition) is 5. The van der Waals surface area contributed by atoms with E-state index in [1.54, 1.807) is 19.5 Å². The van der Waals surface area contributed by atoms with Crippen LogP contribution in [0.15, 0.2) is 12.4 Å². The number of methoxy groups -OCH3 is 1. The van der Waals surface area contributed by atoms with Gasteiger partial charge < -0.3 is 15.4 Å². The summed E-state index contributed by atoms with van der Waals surface area (Å²) in [6, 6.07) is 0.315. The Balaban J connectivity index is 2.11. The molecule has 0 aliphatic carbocycles. The molecule has 1 aromatic heterocycles. The number of rotatable bonds is 3. The van der Waals surface area contributed by atoms with E-state index in [1.807, 2.05) is 0 Å². The van der Waals surface area contributed by atoms with Crippen LogP contribution in [0.1, 0.15) is 19.8 Å². The number of anilines is 1. The SMILES string of the molecule is CCC1CN(c2cncc(OC)n2)CCC1N. The molecule has 2 heterocycles. The van der Waals surface area contributed by atoms with Gasteiger partial charge in [-0.05, 0) is 12.3 Å². The minimum Gasteiger partial charge on any atom is -0.480 e. The lowest BCUT2D eigenvalue weighted by atomic mass is 9.91.